The lowest BCUT2D eigenvalue weighted by molar-refractivity contribution is -0.153. The van der Waals surface area contributed by atoms with E-state index in [4.69, 9.17) is 0 Å². The number of aliphatic hydroxyl groups excluding tert-OH is 1. The van der Waals surface area contributed by atoms with E-state index >= 15 is 0 Å². The largest absolute Gasteiger partial charge is 0.464 e. The number of hydrogen-bond donors (Lipinski definition) is 2. The van der Waals surface area contributed by atoms with Gasteiger partial charge in [0, 0.05) is 22.7 Å². The fraction of sp³-hybridized carbons (Fsp3) is 0.308. The first-order valence-corrected chi connectivity index (χ1v) is 5.88. The summed E-state index contributed by atoms with van der Waals surface area (Å²) in [4.78, 5) is 14.1. The average molecular weight is 287 g/mol. The van der Waals surface area contributed by atoms with Crippen molar-refractivity contribution in [1.82, 2.24) is 4.98 Å². The van der Waals surface area contributed by atoms with E-state index in [-0.39, 0.29) is 23.1 Å². The smallest absolute Gasteiger partial charge is 0.417 e. The number of nitrogens with one attached hydrogen (secondary N) is 1. The highest BCUT2D eigenvalue weighted by Gasteiger charge is 2.35. The van der Waals surface area contributed by atoms with Gasteiger partial charge in [0.1, 0.15) is 0 Å². The highest BCUT2D eigenvalue weighted by Crippen LogP contribution is 2.38. The van der Waals surface area contributed by atoms with E-state index in [1.165, 1.54) is 18.3 Å². The fourth-order valence-electron chi connectivity index (χ4n) is 2.01. The summed E-state index contributed by atoms with van der Waals surface area (Å²) in [7, 11) is 0. The third-order valence-electron chi connectivity index (χ3n) is 2.85. The zero-order valence-corrected chi connectivity index (χ0v) is 10.5. The molecule has 108 valence electrons. The van der Waals surface area contributed by atoms with Gasteiger partial charge in [-0.2, -0.15) is 13.2 Å². The normalized spacial score (nSPS) is 13.4. The Morgan fingerprint density at radius 1 is 1.45 bits per heavy atom. The number of alkyl halides is 3. The van der Waals surface area contributed by atoms with Crippen molar-refractivity contribution in [2.24, 2.45) is 0 Å². The Morgan fingerprint density at radius 2 is 2.15 bits per heavy atom. The number of halogens is 3. The van der Waals surface area contributed by atoms with Crippen molar-refractivity contribution >= 4 is 16.9 Å². The summed E-state index contributed by atoms with van der Waals surface area (Å²) >= 11 is 0. The van der Waals surface area contributed by atoms with Crippen molar-refractivity contribution in [3.63, 3.8) is 0 Å². The standard InChI is InChI=1S/C13H12F3NO3/c1-2-20-12(19)11(18)7-6-17-9-5-3-4-8(10(7)9)13(14,15)16/h3-6,11,17-18H,2H2,1H3. The predicted molar refractivity (Wildman–Crippen MR) is 64.9 cm³/mol. The number of aromatic nitrogens is 1. The molecule has 0 spiro atoms. The number of hydrogen-bond acceptors (Lipinski definition) is 3. The lowest BCUT2D eigenvalue weighted by Crippen LogP contribution is -2.16. The Bertz CT molecular complexity index is 633. The number of esters is 1. The molecule has 20 heavy (non-hydrogen) atoms. The molecule has 1 aromatic carbocycles. The number of carbonyl (C=O) groups is 1. The summed E-state index contributed by atoms with van der Waals surface area (Å²) < 4.78 is 43.5. The molecule has 1 heterocycles. The van der Waals surface area contributed by atoms with Crippen LogP contribution in [0.4, 0.5) is 13.2 Å². The first-order chi connectivity index (χ1) is 9.36. The molecule has 1 atom stereocenters. The molecule has 0 aliphatic carbocycles. The number of fused-ring (bicyclic) bond motifs is 1. The number of rotatable bonds is 3. The SMILES string of the molecule is CCOC(=O)C(O)c1c[nH]c2cccc(C(F)(F)F)c12. The van der Waals surface area contributed by atoms with Crippen LogP contribution < -0.4 is 0 Å². The second-order valence-corrected chi connectivity index (χ2v) is 4.12. The minimum Gasteiger partial charge on any atom is -0.464 e. The first kappa shape index (κ1) is 14.4. The number of ether oxygens (including phenoxy) is 1. The van der Waals surface area contributed by atoms with Gasteiger partial charge < -0.3 is 14.8 Å². The van der Waals surface area contributed by atoms with E-state index in [2.05, 4.69) is 9.72 Å². The Kier molecular flexibility index (Phi) is 3.71. The number of benzene rings is 1. The Morgan fingerprint density at radius 3 is 2.75 bits per heavy atom. The molecule has 0 aliphatic rings. The minimum atomic E-state index is -4.58. The maximum Gasteiger partial charge on any atom is 0.417 e. The summed E-state index contributed by atoms with van der Waals surface area (Å²) in [5.74, 6) is -0.981. The van der Waals surface area contributed by atoms with Crippen molar-refractivity contribution in [1.29, 1.82) is 0 Å². The van der Waals surface area contributed by atoms with E-state index in [9.17, 15) is 23.1 Å². The predicted octanol–water partition coefficient (Wildman–Crippen LogP) is 2.78. The Balaban J connectivity index is 2.58. The van der Waals surface area contributed by atoms with Gasteiger partial charge in [-0.1, -0.05) is 6.07 Å². The highest BCUT2D eigenvalue weighted by atomic mass is 19.4. The van der Waals surface area contributed by atoms with Gasteiger partial charge in [0.2, 0.25) is 0 Å². The van der Waals surface area contributed by atoms with Crippen molar-refractivity contribution in [3.8, 4) is 0 Å². The summed E-state index contributed by atoms with van der Waals surface area (Å²) in [6.45, 7) is 1.57. The second-order valence-electron chi connectivity index (χ2n) is 4.12. The van der Waals surface area contributed by atoms with Crippen LogP contribution in [0.5, 0.6) is 0 Å². The zero-order valence-electron chi connectivity index (χ0n) is 10.5. The van der Waals surface area contributed by atoms with Crippen LogP contribution in [0.25, 0.3) is 10.9 Å². The van der Waals surface area contributed by atoms with E-state index in [1.807, 2.05) is 0 Å². The van der Waals surface area contributed by atoms with Crippen LogP contribution in [-0.2, 0) is 15.7 Å². The summed E-state index contributed by atoms with van der Waals surface area (Å²) in [6.07, 6.45) is -5.15. The summed E-state index contributed by atoms with van der Waals surface area (Å²) in [6, 6.07) is 3.59. The Labute approximate surface area is 112 Å². The molecule has 0 aliphatic heterocycles. The molecule has 0 fully saturated rings. The van der Waals surface area contributed by atoms with Gasteiger partial charge in [-0.05, 0) is 19.1 Å². The van der Waals surface area contributed by atoms with Crippen LogP contribution >= 0.6 is 0 Å². The average Bonchev–Trinajstić information content (AvgIpc) is 2.80. The molecule has 2 aromatic rings. The van der Waals surface area contributed by atoms with Crippen LogP contribution in [0, 0.1) is 0 Å². The number of aliphatic hydroxyl groups is 1. The molecule has 0 bridgehead atoms. The van der Waals surface area contributed by atoms with E-state index < -0.39 is 23.8 Å². The van der Waals surface area contributed by atoms with Crippen molar-refractivity contribution in [3.05, 3.63) is 35.5 Å². The summed E-state index contributed by atoms with van der Waals surface area (Å²) in [5.41, 5.74) is -0.862. The molecule has 4 nitrogen and oxygen atoms in total. The maximum absolute atomic E-state index is 13.0. The van der Waals surface area contributed by atoms with Crippen LogP contribution in [0.1, 0.15) is 24.2 Å². The van der Waals surface area contributed by atoms with Gasteiger partial charge in [0.15, 0.2) is 6.10 Å². The van der Waals surface area contributed by atoms with Gasteiger partial charge in [-0.15, -0.1) is 0 Å². The number of aromatic amines is 1. The molecule has 0 radical (unpaired) electrons. The van der Waals surface area contributed by atoms with Crippen LogP contribution in [0.3, 0.4) is 0 Å². The fourth-order valence-corrected chi connectivity index (χ4v) is 2.01. The molecule has 2 N–H and O–H groups in total. The van der Waals surface area contributed by atoms with Crippen molar-refractivity contribution < 1.29 is 27.8 Å². The van der Waals surface area contributed by atoms with E-state index in [1.54, 1.807) is 6.92 Å². The Hall–Kier alpha value is -2.02. The molecule has 0 saturated heterocycles. The number of H-pyrrole nitrogens is 1. The van der Waals surface area contributed by atoms with E-state index in [0.717, 1.165) is 6.07 Å². The quantitative estimate of drug-likeness (QED) is 0.853. The topological polar surface area (TPSA) is 62.3 Å². The zero-order chi connectivity index (χ0) is 14.9. The van der Waals surface area contributed by atoms with Crippen LogP contribution in [-0.4, -0.2) is 22.7 Å². The molecule has 0 saturated carbocycles. The molecule has 2 rings (SSSR count). The third kappa shape index (κ3) is 2.49. The van der Waals surface area contributed by atoms with Gasteiger partial charge in [0.25, 0.3) is 0 Å². The van der Waals surface area contributed by atoms with Gasteiger partial charge >= 0.3 is 12.1 Å². The second kappa shape index (κ2) is 5.16. The van der Waals surface area contributed by atoms with Gasteiger partial charge in [0.05, 0.1) is 12.2 Å². The van der Waals surface area contributed by atoms with Crippen molar-refractivity contribution in [2.75, 3.05) is 6.61 Å². The number of carbonyl (C=O) groups excluding carboxylic acids is 1. The molecule has 1 aromatic heterocycles. The molecule has 0 amide bonds. The van der Waals surface area contributed by atoms with Crippen molar-refractivity contribution in [2.45, 2.75) is 19.2 Å². The summed E-state index contributed by atoms with van der Waals surface area (Å²) in [5, 5.41) is 9.61. The molecular weight excluding hydrogens is 275 g/mol. The van der Waals surface area contributed by atoms with Gasteiger partial charge in [-0.3, -0.25) is 0 Å². The van der Waals surface area contributed by atoms with E-state index in [0.29, 0.717) is 0 Å². The third-order valence-corrected chi connectivity index (χ3v) is 2.85. The van der Waals surface area contributed by atoms with Gasteiger partial charge in [-0.25, -0.2) is 4.79 Å². The van der Waals surface area contributed by atoms with Crippen LogP contribution in [0.2, 0.25) is 0 Å². The maximum atomic E-state index is 13.0. The highest BCUT2D eigenvalue weighted by molar-refractivity contribution is 5.91. The lowest BCUT2D eigenvalue weighted by atomic mass is 10.0. The van der Waals surface area contributed by atoms with Crippen LogP contribution in [0.15, 0.2) is 24.4 Å². The molecular formula is C13H12F3NO3. The lowest BCUT2D eigenvalue weighted by Gasteiger charge is -2.12. The first-order valence-electron chi connectivity index (χ1n) is 5.88. The minimum absolute atomic E-state index is 0.0321. The molecule has 7 heteroatoms. The molecule has 1 unspecified atom stereocenters. The monoisotopic (exact) mass is 287 g/mol.